The molecule has 1 aliphatic heterocycles. The molecule has 1 saturated heterocycles. The molecule has 2 atom stereocenters. The average Bonchev–Trinajstić information content (AvgIpc) is 2.34. The van der Waals surface area contributed by atoms with E-state index < -0.39 is 0 Å². The molecule has 0 saturated carbocycles. The van der Waals surface area contributed by atoms with Crippen molar-refractivity contribution < 1.29 is 9.13 Å². The molecule has 3 nitrogen and oxygen atoms in total. The highest BCUT2D eigenvalue weighted by atomic mass is 19.1. The van der Waals surface area contributed by atoms with Gasteiger partial charge in [0.2, 0.25) is 0 Å². The Kier molecular flexibility index (Phi) is 5.13. The van der Waals surface area contributed by atoms with Crippen LogP contribution in [0.5, 0.6) is 0 Å². The van der Waals surface area contributed by atoms with Crippen LogP contribution in [0, 0.1) is 17.7 Å². The van der Waals surface area contributed by atoms with E-state index in [-0.39, 0.29) is 24.6 Å². The number of hydrogen-bond donors (Lipinski definition) is 1. The van der Waals surface area contributed by atoms with E-state index in [1.165, 1.54) is 6.07 Å². The lowest BCUT2D eigenvalue weighted by atomic mass is 10.1. The number of ether oxygens (including phenoxy) is 1. The molecule has 1 fully saturated rings. The van der Waals surface area contributed by atoms with E-state index in [1.807, 2.05) is 6.07 Å². The summed E-state index contributed by atoms with van der Waals surface area (Å²) in [7, 11) is 0. The zero-order valence-corrected chi connectivity index (χ0v) is 12.0. The first-order valence-electron chi connectivity index (χ1n) is 6.93. The van der Waals surface area contributed by atoms with E-state index in [4.69, 9.17) is 10.5 Å². The van der Waals surface area contributed by atoms with Crippen molar-refractivity contribution in [2.75, 3.05) is 19.6 Å². The predicted molar refractivity (Wildman–Crippen MR) is 77.6 cm³/mol. The van der Waals surface area contributed by atoms with Crippen LogP contribution in [0.2, 0.25) is 0 Å². The van der Waals surface area contributed by atoms with Gasteiger partial charge in [0.05, 0.1) is 18.8 Å². The van der Waals surface area contributed by atoms with Gasteiger partial charge in [-0.25, -0.2) is 4.39 Å². The third-order valence-corrected chi connectivity index (χ3v) is 3.19. The zero-order chi connectivity index (χ0) is 14.5. The Morgan fingerprint density at radius 3 is 2.65 bits per heavy atom. The summed E-state index contributed by atoms with van der Waals surface area (Å²) < 4.78 is 19.3. The third kappa shape index (κ3) is 4.31. The van der Waals surface area contributed by atoms with Gasteiger partial charge >= 0.3 is 0 Å². The van der Waals surface area contributed by atoms with Crippen LogP contribution >= 0.6 is 0 Å². The highest BCUT2D eigenvalue weighted by Crippen LogP contribution is 2.16. The molecule has 1 aliphatic rings. The van der Waals surface area contributed by atoms with Gasteiger partial charge in [0, 0.05) is 25.2 Å². The van der Waals surface area contributed by atoms with Crippen molar-refractivity contribution in [2.24, 2.45) is 5.73 Å². The molecule has 2 N–H and O–H groups in total. The number of nitrogens with two attached hydrogens (primary N) is 1. The third-order valence-electron chi connectivity index (χ3n) is 3.19. The minimum absolute atomic E-state index is 0.212. The molecule has 1 heterocycles. The summed E-state index contributed by atoms with van der Waals surface area (Å²) in [4.78, 5) is 2.29. The second-order valence-electron chi connectivity index (χ2n) is 5.31. The molecule has 4 heteroatoms. The monoisotopic (exact) mass is 276 g/mol. The summed E-state index contributed by atoms with van der Waals surface area (Å²) in [6, 6.07) is 4.94. The maximum Gasteiger partial charge on any atom is 0.124 e. The van der Waals surface area contributed by atoms with Gasteiger partial charge in [-0.1, -0.05) is 11.8 Å². The number of rotatable bonds is 2. The molecule has 0 amide bonds. The fourth-order valence-electron chi connectivity index (χ4n) is 2.64. The lowest BCUT2D eigenvalue weighted by Crippen LogP contribution is -2.44. The van der Waals surface area contributed by atoms with Crippen molar-refractivity contribution in [3.8, 4) is 11.8 Å². The van der Waals surface area contributed by atoms with E-state index in [0.29, 0.717) is 12.1 Å². The fourth-order valence-corrected chi connectivity index (χ4v) is 2.64. The number of morpholine rings is 1. The van der Waals surface area contributed by atoms with Crippen molar-refractivity contribution in [3.63, 3.8) is 0 Å². The second-order valence-corrected chi connectivity index (χ2v) is 5.31. The van der Waals surface area contributed by atoms with Gasteiger partial charge in [-0.3, -0.25) is 4.90 Å². The van der Waals surface area contributed by atoms with Gasteiger partial charge in [0.15, 0.2) is 0 Å². The van der Waals surface area contributed by atoms with Crippen molar-refractivity contribution >= 4 is 0 Å². The van der Waals surface area contributed by atoms with Crippen LogP contribution in [0.1, 0.15) is 25.0 Å². The Morgan fingerprint density at radius 2 is 2.00 bits per heavy atom. The van der Waals surface area contributed by atoms with Crippen LogP contribution in [-0.4, -0.2) is 36.7 Å². The molecular formula is C16H21FN2O. The molecule has 0 radical (unpaired) electrons. The van der Waals surface area contributed by atoms with Gasteiger partial charge in [-0.05, 0) is 37.6 Å². The Bertz CT molecular complexity index is 511. The highest BCUT2D eigenvalue weighted by Gasteiger charge is 2.22. The standard InChI is InChI=1S/C16H21FN2O/c1-12-9-19(10-13(2)20-12)11-15-6-14(4-3-5-18)7-16(17)8-15/h6-8,12-13H,5,9-11,18H2,1-2H3/t12-,13+. The van der Waals surface area contributed by atoms with Crippen LogP contribution in [0.15, 0.2) is 18.2 Å². The quantitative estimate of drug-likeness (QED) is 0.836. The maximum absolute atomic E-state index is 13.6. The summed E-state index contributed by atoms with van der Waals surface area (Å²) >= 11 is 0. The molecule has 2 rings (SSSR count). The van der Waals surface area contributed by atoms with Crippen molar-refractivity contribution in [1.29, 1.82) is 0 Å². The Morgan fingerprint density at radius 1 is 1.30 bits per heavy atom. The minimum atomic E-state index is -0.252. The topological polar surface area (TPSA) is 38.5 Å². The first-order chi connectivity index (χ1) is 9.56. The number of halogens is 1. The average molecular weight is 276 g/mol. The highest BCUT2D eigenvalue weighted by molar-refractivity contribution is 5.38. The summed E-state index contributed by atoms with van der Waals surface area (Å²) in [5.74, 6) is 5.38. The Labute approximate surface area is 119 Å². The van der Waals surface area contributed by atoms with Crippen LogP contribution < -0.4 is 5.73 Å². The molecular weight excluding hydrogens is 255 g/mol. The molecule has 0 aromatic heterocycles. The largest absolute Gasteiger partial charge is 0.373 e. The second kappa shape index (κ2) is 6.85. The number of hydrogen-bond acceptors (Lipinski definition) is 3. The molecule has 20 heavy (non-hydrogen) atoms. The van der Waals surface area contributed by atoms with Crippen LogP contribution in [0.4, 0.5) is 4.39 Å². The maximum atomic E-state index is 13.6. The number of nitrogens with zero attached hydrogens (tertiary/aromatic N) is 1. The predicted octanol–water partition coefficient (Wildman–Crippen LogP) is 1.75. The normalized spacial score (nSPS) is 23.2. The molecule has 1 aromatic rings. The summed E-state index contributed by atoms with van der Waals surface area (Å²) in [6.07, 6.45) is 0.424. The minimum Gasteiger partial charge on any atom is -0.373 e. The number of benzene rings is 1. The van der Waals surface area contributed by atoms with Gasteiger partial charge < -0.3 is 10.5 Å². The lowest BCUT2D eigenvalue weighted by Gasteiger charge is -2.35. The summed E-state index contributed by atoms with van der Waals surface area (Å²) in [6.45, 7) is 6.85. The summed E-state index contributed by atoms with van der Waals surface area (Å²) in [5.41, 5.74) is 6.96. The van der Waals surface area contributed by atoms with Gasteiger partial charge in [0.25, 0.3) is 0 Å². The summed E-state index contributed by atoms with van der Waals surface area (Å²) in [5, 5.41) is 0. The molecule has 1 aromatic carbocycles. The van der Waals surface area contributed by atoms with Crippen molar-refractivity contribution in [2.45, 2.75) is 32.6 Å². The van der Waals surface area contributed by atoms with Gasteiger partial charge in [-0.2, -0.15) is 0 Å². The zero-order valence-electron chi connectivity index (χ0n) is 12.0. The van der Waals surface area contributed by atoms with Crippen molar-refractivity contribution in [3.05, 3.63) is 35.1 Å². The molecule has 0 unspecified atom stereocenters. The molecule has 0 bridgehead atoms. The Hall–Kier alpha value is -1.41. The molecule has 0 spiro atoms. The first-order valence-corrected chi connectivity index (χ1v) is 6.93. The van der Waals surface area contributed by atoms with Crippen LogP contribution in [0.3, 0.4) is 0 Å². The first kappa shape index (κ1) is 15.0. The van der Waals surface area contributed by atoms with E-state index in [2.05, 4.69) is 30.6 Å². The smallest absolute Gasteiger partial charge is 0.124 e. The lowest BCUT2D eigenvalue weighted by molar-refractivity contribution is -0.0705. The van der Waals surface area contributed by atoms with E-state index in [1.54, 1.807) is 6.07 Å². The van der Waals surface area contributed by atoms with Crippen LogP contribution in [-0.2, 0) is 11.3 Å². The SMILES string of the molecule is C[C@@H]1CN(Cc2cc(F)cc(C#CCN)c2)C[C@H](C)O1. The molecule has 108 valence electrons. The Balaban J connectivity index is 2.10. The van der Waals surface area contributed by atoms with E-state index in [0.717, 1.165) is 18.7 Å². The fraction of sp³-hybridized carbons (Fsp3) is 0.500. The van der Waals surface area contributed by atoms with Crippen LogP contribution in [0.25, 0.3) is 0 Å². The van der Waals surface area contributed by atoms with Crippen molar-refractivity contribution in [1.82, 2.24) is 4.90 Å². The van der Waals surface area contributed by atoms with Gasteiger partial charge in [-0.15, -0.1) is 0 Å². The van der Waals surface area contributed by atoms with Gasteiger partial charge in [0.1, 0.15) is 5.82 Å². The van der Waals surface area contributed by atoms with E-state index in [9.17, 15) is 4.39 Å². The molecule has 0 aliphatic carbocycles. The van der Waals surface area contributed by atoms with E-state index >= 15 is 0 Å².